The summed E-state index contributed by atoms with van der Waals surface area (Å²) >= 11 is 0. The van der Waals surface area contributed by atoms with Crippen molar-refractivity contribution >= 4 is 12.0 Å². The molecular weight excluding hydrogens is 174 g/mol. The highest BCUT2D eigenvalue weighted by molar-refractivity contribution is 5.86. The third kappa shape index (κ3) is 2.75. The average molecular weight is 185 g/mol. The predicted molar refractivity (Wildman–Crippen MR) is 45.1 cm³/mol. The quantitative estimate of drug-likeness (QED) is 0.632. The number of hydrogen-bond acceptors (Lipinski definition) is 4. The van der Waals surface area contributed by atoms with E-state index in [0.717, 1.165) is 0 Å². The molecule has 1 rings (SSSR count). The molecule has 72 valence electrons. The highest BCUT2D eigenvalue weighted by Crippen LogP contribution is 2.07. The van der Waals surface area contributed by atoms with Gasteiger partial charge in [0, 0.05) is 6.54 Å². The lowest BCUT2D eigenvalue weighted by Gasteiger charge is -1.99. The zero-order valence-electron chi connectivity index (χ0n) is 7.20. The number of nitrogens with zero attached hydrogens (tertiary/aromatic N) is 1. The van der Waals surface area contributed by atoms with Crippen LogP contribution in [0.15, 0.2) is 10.6 Å². The number of aliphatic hydroxyl groups excluding tert-OH is 1. The Labute approximate surface area is 75.0 Å². The van der Waals surface area contributed by atoms with Gasteiger partial charge < -0.3 is 14.8 Å². The van der Waals surface area contributed by atoms with Crippen LogP contribution in [-0.4, -0.2) is 22.7 Å². The van der Waals surface area contributed by atoms with Crippen LogP contribution >= 0.6 is 0 Å². The summed E-state index contributed by atoms with van der Waals surface area (Å²) in [6, 6.07) is -0.302. The highest BCUT2D eigenvalue weighted by Gasteiger charge is 2.05. The molecular formula is C7H11N3O3. The number of hydrogen-bond donors (Lipinski definition) is 3. The minimum Gasteiger partial charge on any atom is -0.426 e. The molecule has 1 aromatic heterocycles. The van der Waals surface area contributed by atoms with Crippen molar-refractivity contribution in [3.05, 3.63) is 12.0 Å². The maximum atomic E-state index is 10.9. The molecule has 2 amide bonds. The molecule has 1 heterocycles. The number of anilines is 1. The van der Waals surface area contributed by atoms with Crippen LogP contribution < -0.4 is 10.6 Å². The normalized spacial score (nSPS) is 9.69. The molecule has 0 fully saturated rings. The van der Waals surface area contributed by atoms with Crippen LogP contribution in [0.4, 0.5) is 10.8 Å². The number of carbonyl (C=O) groups is 1. The van der Waals surface area contributed by atoms with Crippen LogP contribution in [0.1, 0.15) is 12.7 Å². The van der Waals surface area contributed by atoms with Gasteiger partial charge in [-0.1, -0.05) is 0 Å². The Morgan fingerprint density at radius 2 is 2.54 bits per heavy atom. The van der Waals surface area contributed by atoms with Crippen molar-refractivity contribution in [1.82, 2.24) is 10.3 Å². The third-order valence-corrected chi connectivity index (χ3v) is 1.27. The molecule has 0 unspecified atom stereocenters. The van der Waals surface area contributed by atoms with Crippen LogP contribution in [0.5, 0.6) is 0 Å². The van der Waals surface area contributed by atoms with E-state index in [-0.39, 0.29) is 18.7 Å². The van der Waals surface area contributed by atoms with Crippen LogP contribution in [-0.2, 0) is 6.61 Å². The van der Waals surface area contributed by atoms with Crippen LogP contribution in [0.2, 0.25) is 0 Å². The Bertz CT molecular complexity index is 284. The molecule has 3 N–H and O–H groups in total. The van der Waals surface area contributed by atoms with Crippen molar-refractivity contribution in [3.8, 4) is 0 Å². The molecule has 6 heteroatoms. The van der Waals surface area contributed by atoms with Crippen LogP contribution in [0.25, 0.3) is 0 Å². The summed E-state index contributed by atoms with van der Waals surface area (Å²) in [6.45, 7) is 2.10. The molecule has 0 saturated carbocycles. The number of carbonyl (C=O) groups excluding carboxylic acids is 1. The van der Waals surface area contributed by atoms with E-state index >= 15 is 0 Å². The van der Waals surface area contributed by atoms with Crippen LogP contribution in [0, 0.1) is 0 Å². The summed E-state index contributed by atoms with van der Waals surface area (Å²) in [6.07, 6.45) is 1.35. The van der Waals surface area contributed by atoms with Gasteiger partial charge in [0.05, 0.1) is 6.20 Å². The SMILES string of the molecule is CCNC(=O)Nc1ncc(CO)o1. The van der Waals surface area contributed by atoms with E-state index < -0.39 is 0 Å². The number of nitrogens with one attached hydrogen (secondary N) is 2. The first kappa shape index (κ1) is 9.53. The number of aliphatic hydroxyl groups is 1. The molecule has 0 aliphatic carbocycles. The van der Waals surface area contributed by atoms with Gasteiger partial charge in [0.2, 0.25) is 0 Å². The standard InChI is InChI=1S/C7H11N3O3/c1-2-8-6(12)10-7-9-3-5(4-11)13-7/h3,11H,2,4H2,1H3,(H2,8,9,10,12). The Morgan fingerprint density at radius 3 is 3.08 bits per heavy atom. The second kappa shape index (κ2) is 4.46. The Hall–Kier alpha value is -1.56. The molecule has 1 aromatic rings. The monoisotopic (exact) mass is 185 g/mol. The second-order valence-corrected chi connectivity index (χ2v) is 2.27. The van der Waals surface area contributed by atoms with E-state index in [1.54, 1.807) is 6.92 Å². The zero-order valence-corrected chi connectivity index (χ0v) is 7.20. The largest absolute Gasteiger partial charge is 0.426 e. The Morgan fingerprint density at radius 1 is 1.77 bits per heavy atom. The molecule has 0 aliphatic heterocycles. The predicted octanol–water partition coefficient (Wildman–Crippen LogP) is 0.308. The van der Waals surface area contributed by atoms with Crippen molar-refractivity contribution in [2.24, 2.45) is 0 Å². The smallest absolute Gasteiger partial charge is 0.322 e. The lowest BCUT2D eigenvalue weighted by Crippen LogP contribution is -2.28. The van der Waals surface area contributed by atoms with E-state index in [9.17, 15) is 4.79 Å². The molecule has 13 heavy (non-hydrogen) atoms. The van der Waals surface area contributed by atoms with Gasteiger partial charge in [-0.2, -0.15) is 0 Å². The van der Waals surface area contributed by atoms with Gasteiger partial charge in [0.1, 0.15) is 6.61 Å². The molecule has 0 atom stereocenters. The second-order valence-electron chi connectivity index (χ2n) is 2.27. The summed E-state index contributed by atoms with van der Waals surface area (Å²) < 4.78 is 4.92. The maximum absolute atomic E-state index is 10.9. The summed E-state index contributed by atoms with van der Waals surface area (Å²) in [5, 5.41) is 13.5. The number of amides is 2. The van der Waals surface area contributed by atoms with Crippen molar-refractivity contribution in [1.29, 1.82) is 0 Å². The minimum absolute atomic E-state index is 0.0787. The van der Waals surface area contributed by atoms with Gasteiger partial charge in [0.25, 0.3) is 0 Å². The van der Waals surface area contributed by atoms with E-state index in [2.05, 4.69) is 15.6 Å². The Balaban J connectivity index is 2.49. The molecule has 0 saturated heterocycles. The Kier molecular flexibility index (Phi) is 3.27. The molecule has 6 nitrogen and oxygen atoms in total. The van der Waals surface area contributed by atoms with Gasteiger partial charge in [-0.3, -0.25) is 5.32 Å². The van der Waals surface area contributed by atoms with Gasteiger partial charge in [0.15, 0.2) is 5.76 Å². The topological polar surface area (TPSA) is 87.4 Å². The molecule has 0 spiro atoms. The number of urea groups is 1. The summed E-state index contributed by atoms with van der Waals surface area (Å²) in [5.74, 6) is 0.312. The average Bonchev–Trinajstić information content (AvgIpc) is 2.52. The van der Waals surface area contributed by atoms with Crippen LogP contribution in [0.3, 0.4) is 0 Å². The third-order valence-electron chi connectivity index (χ3n) is 1.27. The fourth-order valence-electron chi connectivity index (χ4n) is 0.740. The van der Waals surface area contributed by atoms with E-state index in [1.807, 2.05) is 0 Å². The first-order valence-electron chi connectivity index (χ1n) is 3.86. The van der Waals surface area contributed by atoms with Crippen molar-refractivity contribution in [2.75, 3.05) is 11.9 Å². The van der Waals surface area contributed by atoms with Gasteiger partial charge in [-0.15, -0.1) is 0 Å². The van der Waals surface area contributed by atoms with E-state index in [4.69, 9.17) is 9.52 Å². The first-order valence-corrected chi connectivity index (χ1v) is 3.86. The minimum atomic E-state index is -0.381. The van der Waals surface area contributed by atoms with Crippen molar-refractivity contribution in [3.63, 3.8) is 0 Å². The van der Waals surface area contributed by atoms with Gasteiger partial charge in [-0.25, -0.2) is 9.78 Å². The number of rotatable bonds is 3. The lowest BCUT2D eigenvalue weighted by molar-refractivity contribution is 0.245. The number of aromatic nitrogens is 1. The number of oxazole rings is 1. The van der Waals surface area contributed by atoms with Gasteiger partial charge >= 0.3 is 12.0 Å². The first-order chi connectivity index (χ1) is 6.26. The van der Waals surface area contributed by atoms with Crippen molar-refractivity contribution in [2.45, 2.75) is 13.5 Å². The fourth-order valence-corrected chi connectivity index (χ4v) is 0.740. The molecule has 0 radical (unpaired) electrons. The van der Waals surface area contributed by atoms with Crippen molar-refractivity contribution < 1.29 is 14.3 Å². The zero-order chi connectivity index (χ0) is 9.68. The van der Waals surface area contributed by atoms with E-state index in [0.29, 0.717) is 12.3 Å². The molecule has 0 aromatic carbocycles. The summed E-state index contributed by atoms with van der Waals surface area (Å²) in [7, 11) is 0. The summed E-state index contributed by atoms with van der Waals surface area (Å²) in [5.41, 5.74) is 0. The van der Waals surface area contributed by atoms with Gasteiger partial charge in [-0.05, 0) is 6.92 Å². The molecule has 0 bridgehead atoms. The molecule has 0 aliphatic rings. The summed E-state index contributed by atoms with van der Waals surface area (Å²) in [4.78, 5) is 14.6. The fraction of sp³-hybridized carbons (Fsp3) is 0.429. The maximum Gasteiger partial charge on any atom is 0.322 e. The lowest BCUT2D eigenvalue weighted by atomic mass is 10.6. The van der Waals surface area contributed by atoms with E-state index in [1.165, 1.54) is 6.20 Å². The highest BCUT2D eigenvalue weighted by atomic mass is 16.4.